The zero-order valence-corrected chi connectivity index (χ0v) is 12.3. The van der Waals surface area contributed by atoms with Crippen LogP contribution < -0.4 is 10.0 Å². The summed E-state index contributed by atoms with van der Waals surface area (Å²) in [6, 6.07) is 8.59. The van der Waals surface area contributed by atoms with Crippen molar-refractivity contribution in [3.05, 3.63) is 48.4 Å². The number of hydrogen-bond acceptors (Lipinski definition) is 4. The summed E-state index contributed by atoms with van der Waals surface area (Å²) in [5.41, 5.74) is -0.0920. The Balaban J connectivity index is 2.18. The molecule has 2 N–H and O–H groups in total. The van der Waals surface area contributed by atoms with Gasteiger partial charge in [0, 0.05) is 12.7 Å². The average molecular weight is 309 g/mol. The molecule has 112 valence electrons. The smallest absolute Gasteiger partial charge is 0.263 e. The highest BCUT2D eigenvalue weighted by Crippen LogP contribution is 2.19. The van der Waals surface area contributed by atoms with Crippen molar-refractivity contribution in [1.82, 2.24) is 4.98 Å². The van der Waals surface area contributed by atoms with E-state index in [0.29, 0.717) is 5.82 Å². The van der Waals surface area contributed by atoms with Crippen molar-refractivity contribution >= 4 is 21.5 Å². The second kappa shape index (κ2) is 6.53. The molecule has 2 rings (SSSR count). The van der Waals surface area contributed by atoms with E-state index in [1.807, 2.05) is 6.92 Å². The van der Waals surface area contributed by atoms with Crippen LogP contribution in [0.1, 0.15) is 13.3 Å². The van der Waals surface area contributed by atoms with Gasteiger partial charge in [-0.2, -0.15) is 0 Å². The molecular weight excluding hydrogens is 293 g/mol. The Morgan fingerprint density at radius 1 is 1.19 bits per heavy atom. The van der Waals surface area contributed by atoms with E-state index in [1.165, 1.54) is 30.5 Å². The van der Waals surface area contributed by atoms with Gasteiger partial charge in [-0.3, -0.25) is 4.72 Å². The molecule has 7 heteroatoms. The Morgan fingerprint density at radius 3 is 2.57 bits per heavy atom. The van der Waals surface area contributed by atoms with Crippen LogP contribution in [0.15, 0.2) is 47.5 Å². The maximum Gasteiger partial charge on any atom is 0.263 e. The fourth-order valence-electron chi connectivity index (χ4n) is 1.64. The molecule has 1 heterocycles. The van der Waals surface area contributed by atoms with Gasteiger partial charge in [0.05, 0.1) is 5.69 Å². The average Bonchev–Trinajstić information content (AvgIpc) is 2.48. The van der Waals surface area contributed by atoms with E-state index in [1.54, 1.807) is 12.1 Å². The van der Waals surface area contributed by atoms with Crippen LogP contribution in [0.25, 0.3) is 0 Å². The van der Waals surface area contributed by atoms with E-state index >= 15 is 0 Å². The first-order valence-electron chi connectivity index (χ1n) is 6.50. The molecule has 0 atom stereocenters. The van der Waals surface area contributed by atoms with E-state index in [2.05, 4.69) is 15.0 Å². The number of benzene rings is 1. The van der Waals surface area contributed by atoms with Crippen molar-refractivity contribution in [3.63, 3.8) is 0 Å². The first kappa shape index (κ1) is 15.2. The molecule has 0 saturated carbocycles. The van der Waals surface area contributed by atoms with Crippen LogP contribution in [0.2, 0.25) is 0 Å². The van der Waals surface area contributed by atoms with Gasteiger partial charge in [-0.1, -0.05) is 19.1 Å². The number of anilines is 2. The summed E-state index contributed by atoms with van der Waals surface area (Å²) < 4.78 is 40.0. The van der Waals surface area contributed by atoms with E-state index in [4.69, 9.17) is 0 Å². The molecule has 0 aliphatic carbocycles. The van der Waals surface area contributed by atoms with E-state index in [9.17, 15) is 12.8 Å². The van der Waals surface area contributed by atoms with Crippen LogP contribution in [0, 0.1) is 5.82 Å². The number of pyridine rings is 1. The highest BCUT2D eigenvalue weighted by atomic mass is 32.2. The Hall–Kier alpha value is -2.15. The molecule has 1 aromatic carbocycles. The van der Waals surface area contributed by atoms with Gasteiger partial charge in [0.25, 0.3) is 10.0 Å². The van der Waals surface area contributed by atoms with Gasteiger partial charge in [0.1, 0.15) is 16.5 Å². The second-order valence-electron chi connectivity index (χ2n) is 4.39. The van der Waals surface area contributed by atoms with Crippen molar-refractivity contribution in [2.24, 2.45) is 0 Å². The molecule has 0 unspecified atom stereocenters. The summed E-state index contributed by atoms with van der Waals surface area (Å²) in [6.07, 6.45) is 2.18. The third-order valence-electron chi connectivity index (χ3n) is 2.72. The predicted molar refractivity (Wildman–Crippen MR) is 80.2 cm³/mol. The Morgan fingerprint density at radius 2 is 1.95 bits per heavy atom. The molecule has 0 spiro atoms. The third-order valence-corrected chi connectivity index (χ3v) is 4.07. The van der Waals surface area contributed by atoms with Crippen molar-refractivity contribution in [2.45, 2.75) is 18.2 Å². The topological polar surface area (TPSA) is 71.1 Å². The third kappa shape index (κ3) is 3.91. The molecule has 0 bridgehead atoms. The Kier molecular flexibility index (Phi) is 4.74. The molecular formula is C14H16FN3O2S. The number of sulfonamides is 1. The monoisotopic (exact) mass is 309 g/mol. The highest BCUT2D eigenvalue weighted by Gasteiger charge is 2.16. The van der Waals surface area contributed by atoms with Crippen LogP contribution in [0.5, 0.6) is 0 Å². The van der Waals surface area contributed by atoms with Gasteiger partial charge in [-0.15, -0.1) is 0 Å². The molecule has 21 heavy (non-hydrogen) atoms. The Bertz CT molecular complexity index is 702. The lowest BCUT2D eigenvalue weighted by Gasteiger charge is -2.09. The van der Waals surface area contributed by atoms with Gasteiger partial charge in [-0.05, 0) is 30.7 Å². The number of nitrogens with one attached hydrogen (secondary N) is 2. The predicted octanol–water partition coefficient (Wildman–Crippen LogP) is 2.84. The summed E-state index contributed by atoms with van der Waals surface area (Å²) in [6.45, 7) is 2.77. The van der Waals surface area contributed by atoms with Gasteiger partial charge in [-0.25, -0.2) is 17.8 Å². The molecule has 1 aromatic heterocycles. The number of halogens is 1. The number of rotatable bonds is 6. The molecule has 5 nitrogen and oxygen atoms in total. The normalized spacial score (nSPS) is 11.1. The fourth-order valence-corrected chi connectivity index (χ4v) is 2.66. The number of nitrogens with zero attached hydrogens (tertiary/aromatic N) is 1. The summed E-state index contributed by atoms with van der Waals surface area (Å²) in [4.78, 5) is 4.00. The molecule has 2 aromatic rings. The number of hydrogen-bond donors (Lipinski definition) is 2. The van der Waals surface area contributed by atoms with Crippen molar-refractivity contribution in [2.75, 3.05) is 16.6 Å². The lowest BCUT2D eigenvalue weighted by molar-refractivity contribution is 0.598. The highest BCUT2D eigenvalue weighted by molar-refractivity contribution is 7.92. The summed E-state index contributed by atoms with van der Waals surface area (Å²) in [5.74, 6) is -0.0306. The zero-order chi connectivity index (χ0) is 15.3. The van der Waals surface area contributed by atoms with E-state index in [-0.39, 0.29) is 10.6 Å². The minimum atomic E-state index is -3.85. The SMILES string of the molecule is CCCNc1ccc(S(=O)(=O)Nc2ccccc2F)cn1. The summed E-state index contributed by atoms with van der Waals surface area (Å²) in [7, 11) is -3.85. The van der Waals surface area contributed by atoms with Crippen LogP contribution in [-0.4, -0.2) is 19.9 Å². The van der Waals surface area contributed by atoms with E-state index < -0.39 is 15.8 Å². The summed E-state index contributed by atoms with van der Waals surface area (Å²) in [5, 5.41) is 3.05. The van der Waals surface area contributed by atoms with Crippen molar-refractivity contribution < 1.29 is 12.8 Å². The van der Waals surface area contributed by atoms with Crippen molar-refractivity contribution in [1.29, 1.82) is 0 Å². The number of para-hydroxylation sites is 1. The van der Waals surface area contributed by atoms with Gasteiger partial charge in [0.15, 0.2) is 0 Å². The van der Waals surface area contributed by atoms with E-state index in [0.717, 1.165) is 13.0 Å². The largest absolute Gasteiger partial charge is 0.370 e. The molecule has 0 fully saturated rings. The first-order valence-corrected chi connectivity index (χ1v) is 7.98. The maximum absolute atomic E-state index is 13.5. The molecule has 0 amide bonds. The molecule has 0 radical (unpaired) electrons. The van der Waals surface area contributed by atoms with Crippen LogP contribution >= 0.6 is 0 Å². The van der Waals surface area contributed by atoms with Gasteiger partial charge in [0.2, 0.25) is 0 Å². The van der Waals surface area contributed by atoms with Crippen LogP contribution in [0.4, 0.5) is 15.9 Å². The second-order valence-corrected chi connectivity index (χ2v) is 6.07. The molecule has 0 aliphatic heterocycles. The fraction of sp³-hybridized carbons (Fsp3) is 0.214. The van der Waals surface area contributed by atoms with Gasteiger partial charge < -0.3 is 5.32 Å². The van der Waals surface area contributed by atoms with Gasteiger partial charge >= 0.3 is 0 Å². The quantitative estimate of drug-likeness (QED) is 0.861. The van der Waals surface area contributed by atoms with Crippen molar-refractivity contribution in [3.8, 4) is 0 Å². The van der Waals surface area contributed by atoms with Crippen LogP contribution in [-0.2, 0) is 10.0 Å². The molecule has 0 saturated heterocycles. The lowest BCUT2D eigenvalue weighted by Crippen LogP contribution is -2.14. The lowest BCUT2D eigenvalue weighted by atomic mass is 10.3. The minimum Gasteiger partial charge on any atom is -0.370 e. The molecule has 0 aliphatic rings. The number of aromatic nitrogens is 1. The minimum absolute atomic E-state index is 0.0206. The first-order chi connectivity index (χ1) is 10.0. The maximum atomic E-state index is 13.5. The summed E-state index contributed by atoms with van der Waals surface area (Å²) >= 11 is 0. The standard InChI is InChI=1S/C14H16FN3O2S/c1-2-9-16-14-8-7-11(10-17-14)21(19,20)18-13-6-4-3-5-12(13)15/h3-8,10,18H,2,9H2,1H3,(H,16,17). The van der Waals surface area contributed by atoms with Crippen LogP contribution in [0.3, 0.4) is 0 Å². The Labute approximate surface area is 123 Å². The zero-order valence-electron chi connectivity index (χ0n) is 11.5.